The number of aliphatic hydroxyl groups is 1. The number of nitrogens with zero attached hydrogens (tertiary/aromatic N) is 2. The van der Waals surface area contributed by atoms with Gasteiger partial charge < -0.3 is 14.7 Å². The molecule has 0 amide bonds. The van der Waals surface area contributed by atoms with E-state index < -0.39 is 6.10 Å². The number of ether oxygens (including phenoxy) is 1. The molecule has 1 rings (SSSR count). The maximum Gasteiger partial charge on any atom is 0.0928 e. The molecule has 0 aliphatic rings. The Morgan fingerprint density at radius 2 is 2.32 bits per heavy atom. The Hall–Kier alpha value is -0.200. The van der Waals surface area contributed by atoms with Gasteiger partial charge in [-0.15, -0.1) is 22.9 Å². The second-order valence-corrected chi connectivity index (χ2v) is 5.90. The quantitative estimate of drug-likeness (QED) is 0.531. The van der Waals surface area contributed by atoms with Gasteiger partial charge in [-0.2, -0.15) is 0 Å². The molecule has 0 radical (unpaired) electrons. The normalized spacial score (nSPS) is 13.1. The first-order valence-electron chi connectivity index (χ1n) is 6.50. The molecule has 0 bridgehead atoms. The molecule has 1 N–H and O–H groups in total. The van der Waals surface area contributed by atoms with Gasteiger partial charge in [0.05, 0.1) is 29.3 Å². The molecule has 0 spiro atoms. The molecule has 1 aromatic rings. The van der Waals surface area contributed by atoms with E-state index in [0.29, 0.717) is 19.0 Å². The number of halogens is 1. The lowest BCUT2D eigenvalue weighted by atomic mass is 10.2. The van der Waals surface area contributed by atoms with Gasteiger partial charge in [0.1, 0.15) is 0 Å². The number of thiazole rings is 1. The molecular formula is C13H23ClN2O2S. The van der Waals surface area contributed by atoms with Gasteiger partial charge in [0.25, 0.3) is 0 Å². The highest BCUT2D eigenvalue weighted by atomic mass is 35.5. The number of likely N-dealkylation sites (N-methyl/N-ethyl adjacent to an activating group) is 1. The average molecular weight is 307 g/mol. The third kappa shape index (κ3) is 7.22. The summed E-state index contributed by atoms with van der Waals surface area (Å²) in [6.07, 6.45) is 2.82. The molecule has 1 unspecified atom stereocenters. The summed E-state index contributed by atoms with van der Waals surface area (Å²) < 4.78 is 4.91. The standard InChI is InChI=1S/C13H23ClN2O2S/c1-16(8-12(17)9-18-2)6-4-3-5-13-15-11(7-14)10-19-13/h10,12,17H,3-9H2,1-2H3. The lowest BCUT2D eigenvalue weighted by Crippen LogP contribution is -2.32. The Morgan fingerprint density at radius 3 is 2.95 bits per heavy atom. The zero-order valence-electron chi connectivity index (χ0n) is 11.6. The highest BCUT2D eigenvalue weighted by Crippen LogP contribution is 2.14. The van der Waals surface area contributed by atoms with Gasteiger partial charge in [0, 0.05) is 19.0 Å². The fourth-order valence-corrected chi connectivity index (χ4v) is 2.95. The van der Waals surface area contributed by atoms with Crippen molar-refractivity contribution in [3.63, 3.8) is 0 Å². The van der Waals surface area contributed by atoms with Crippen LogP contribution in [0.4, 0.5) is 0 Å². The van der Waals surface area contributed by atoms with Gasteiger partial charge in [0.15, 0.2) is 0 Å². The molecule has 4 nitrogen and oxygen atoms in total. The van der Waals surface area contributed by atoms with Crippen LogP contribution >= 0.6 is 22.9 Å². The number of rotatable bonds is 10. The zero-order valence-corrected chi connectivity index (χ0v) is 13.2. The minimum absolute atomic E-state index is 0.394. The van der Waals surface area contributed by atoms with E-state index in [1.807, 2.05) is 12.4 Å². The monoisotopic (exact) mass is 306 g/mol. The summed E-state index contributed by atoms with van der Waals surface area (Å²) in [6.45, 7) is 2.03. The van der Waals surface area contributed by atoms with Crippen LogP contribution in [0.25, 0.3) is 0 Å². The molecule has 110 valence electrons. The summed E-state index contributed by atoms with van der Waals surface area (Å²) in [5.74, 6) is 0.497. The van der Waals surface area contributed by atoms with E-state index in [0.717, 1.165) is 36.5 Å². The Bertz CT molecular complexity index is 349. The maximum atomic E-state index is 9.60. The largest absolute Gasteiger partial charge is 0.389 e. The van der Waals surface area contributed by atoms with Gasteiger partial charge in [-0.25, -0.2) is 4.98 Å². The van der Waals surface area contributed by atoms with Gasteiger partial charge in [-0.1, -0.05) is 0 Å². The van der Waals surface area contributed by atoms with E-state index in [1.165, 1.54) is 0 Å². The lowest BCUT2D eigenvalue weighted by molar-refractivity contribution is 0.0430. The number of methoxy groups -OCH3 is 1. The van der Waals surface area contributed by atoms with Crippen LogP contribution in [-0.4, -0.2) is 54.9 Å². The van der Waals surface area contributed by atoms with E-state index in [2.05, 4.69) is 9.88 Å². The van der Waals surface area contributed by atoms with Crippen molar-refractivity contribution in [1.82, 2.24) is 9.88 Å². The first-order valence-corrected chi connectivity index (χ1v) is 7.92. The molecule has 1 atom stereocenters. The Kier molecular flexibility index (Phi) is 8.57. The molecule has 0 aromatic carbocycles. The maximum absolute atomic E-state index is 9.60. The molecule has 0 saturated heterocycles. The summed E-state index contributed by atoms with van der Waals surface area (Å²) in [7, 11) is 3.63. The molecule has 6 heteroatoms. The predicted octanol–water partition coefficient (Wildman–Crippen LogP) is 2.14. The summed E-state index contributed by atoms with van der Waals surface area (Å²) in [5.41, 5.74) is 0.974. The summed E-state index contributed by atoms with van der Waals surface area (Å²) in [4.78, 5) is 6.57. The highest BCUT2D eigenvalue weighted by Gasteiger charge is 2.07. The number of unbranched alkanes of at least 4 members (excludes halogenated alkanes) is 1. The average Bonchev–Trinajstić information content (AvgIpc) is 2.83. The van der Waals surface area contributed by atoms with Crippen LogP contribution in [0.3, 0.4) is 0 Å². The SMILES string of the molecule is COCC(O)CN(C)CCCCc1nc(CCl)cs1. The Morgan fingerprint density at radius 1 is 1.53 bits per heavy atom. The van der Waals surface area contributed by atoms with Crippen LogP contribution in [-0.2, 0) is 17.0 Å². The smallest absolute Gasteiger partial charge is 0.0928 e. The number of aryl methyl sites for hydroxylation is 1. The third-order valence-electron chi connectivity index (χ3n) is 2.80. The van der Waals surface area contributed by atoms with E-state index in [-0.39, 0.29) is 0 Å². The van der Waals surface area contributed by atoms with E-state index in [9.17, 15) is 5.11 Å². The van der Waals surface area contributed by atoms with Crippen LogP contribution in [0, 0.1) is 0 Å². The Balaban J connectivity index is 2.09. The second kappa shape index (κ2) is 9.66. The lowest BCUT2D eigenvalue weighted by Gasteiger charge is -2.19. The van der Waals surface area contributed by atoms with Crippen molar-refractivity contribution >= 4 is 22.9 Å². The summed E-state index contributed by atoms with van der Waals surface area (Å²) in [5, 5.41) is 12.8. The van der Waals surface area contributed by atoms with Crippen molar-refractivity contribution in [2.24, 2.45) is 0 Å². The van der Waals surface area contributed by atoms with Crippen molar-refractivity contribution in [3.8, 4) is 0 Å². The number of hydrogen-bond donors (Lipinski definition) is 1. The molecule has 19 heavy (non-hydrogen) atoms. The van der Waals surface area contributed by atoms with Gasteiger partial charge >= 0.3 is 0 Å². The molecule has 0 saturated carbocycles. The second-order valence-electron chi connectivity index (χ2n) is 4.69. The number of hydrogen-bond acceptors (Lipinski definition) is 5. The topological polar surface area (TPSA) is 45.6 Å². The van der Waals surface area contributed by atoms with Crippen LogP contribution in [0.1, 0.15) is 23.5 Å². The van der Waals surface area contributed by atoms with E-state index in [1.54, 1.807) is 18.4 Å². The van der Waals surface area contributed by atoms with Crippen molar-refractivity contribution < 1.29 is 9.84 Å². The van der Waals surface area contributed by atoms with Crippen LogP contribution in [0.2, 0.25) is 0 Å². The first-order chi connectivity index (χ1) is 9.15. The van der Waals surface area contributed by atoms with E-state index in [4.69, 9.17) is 16.3 Å². The molecule has 0 aliphatic carbocycles. The highest BCUT2D eigenvalue weighted by molar-refractivity contribution is 7.09. The van der Waals surface area contributed by atoms with Gasteiger partial charge in [-0.05, 0) is 32.9 Å². The number of aromatic nitrogens is 1. The number of aliphatic hydroxyl groups excluding tert-OH is 1. The van der Waals surface area contributed by atoms with Crippen LogP contribution < -0.4 is 0 Å². The minimum atomic E-state index is -0.403. The predicted molar refractivity (Wildman–Crippen MR) is 80.0 cm³/mol. The third-order valence-corrected chi connectivity index (χ3v) is 4.03. The fraction of sp³-hybridized carbons (Fsp3) is 0.769. The van der Waals surface area contributed by atoms with Gasteiger partial charge in [0.2, 0.25) is 0 Å². The van der Waals surface area contributed by atoms with Crippen molar-refractivity contribution in [3.05, 3.63) is 16.1 Å². The molecule has 0 fully saturated rings. The summed E-state index contributed by atoms with van der Waals surface area (Å²) in [6, 6.07) is 0. The molecular weight excluding hydrogens is 284 g/mol. The van der Waals surface area contributed by atoms with Crippen LogP contribution in [0.5, 0.6) is 0 Å². The number of alkyl halides is 1. The van der Waals surface area contributed by atoms with Crippen molar-refractivity contribution in [1.29, 1.82) is 0 Å². The zero-order chi connectivity index (χ0) is 14.1. The van der Waals surface area contributed by atoms with E-state index >= 15 is 0 Å². The van der Waals surface area contributed by atoms with Gasteiger partial charge in [-0.3, -0.25) is 0 Å². The van der Waals surface area contributed by atoms with Crippen LogP contribution in [0.15, 0.2) is 5.38 Å². The fourth-order valence-electron chi connectivity index (χ4n) is 1.88. The first kappa shape index (κ1) is 16.9. The molecule has 1 heterocycles. The summed E-state index contributed by atoms with van der Waals surface area (Å²) >= 11 is 7.41. The molecule has 0 aliphatic heterocycles. The minimum Gasteiger partial charge on any atom is -0.389 e. The Labute approximate surface area is 124 Å². The van der Waals surface area contributed by atoms with Crippen molar-refractivity contribution in [2.75, 3.05) is 33.9 Å². The van der Waals surface area contributed by atoms with Crippen molar-refractivity contribution in [2.45, 2.75) is 31.2 Å². The molecule has 1 aromatic heterocycles.